The Morgan fingerprint density at radius 3 is 1.24 bits per heavy atom. The number of hydrogen-bond donors (Lipinski definition) is 0. The maximum absolute atomic E-state index is 4.93. The van der Waals surface area contributed by atoms with E-state index in [1.54, 1.807) is 0 Å². The molecule has 0 saturated carbocycles. The molecule has 2 unspecified atom stereocenters. The third kappa shape index (κ3) is 7.68. The molecule has 4 heteroatoms. The summed E-state index contributed by atoms with van der Waals surface area (Å²) in [5, 5.41) is 0. The van der Waals surface area contributed by atoms with Crippen LogP contribution in [-0.4, -0.2) is 9.52 Å². The van der Waals surface area contributed by atoms with Gasteiger partial charge in [-0.1, -0.05) is 162 Å². The van der Waals surface area contributed by atoms with E-state index in [0.717, 1.165) is 9.52 Å². The van der Waals surface area contributed by atoms with Gasteiger partial charge in [-0.3, -0.25) is 0 Å². The van der Waals surface area contributed by atoms with E-state index in [1.807, 2.05) is 0 Å². The van der Waals surface area contributed by atoms with Gasteiger partial charge in [0.1, 0.15) is 0 Å². The Bertz CT molecular complexity index is 1610. The average molecular weight is 741 g/mol. The van der Waals surface area contributed by atoms with Crippen LogP contribution in [0.1, 0.15) is 101 Å². The summed E-state index contributed by atoms with van der Waals surface area (Å²) < 4.78 is 0. The van der Waals surface area contributed by atoms with Gasteiger partial charge >= 0.3 is 37.9 Å². The monoisotopic (exact) mass is 738 g/mol. The van der Waals surface area contributed by atoms with Crippen LogP contribution >= 0.6 is 17.0 Å². The van der Waals surface area contributed by atoms with E-state index < -0.39 is 20.8 Å². The zero-order chi connectivity index (χ0) is 33.2. The van der Waals surface area contributed by atoms with Crippen LogP contribution in [0.4, 0.5) is 0 Å². The first-order chi connectivity index (χ1) is 21.8. The summed E-state index contributed by atoms with van der Waals surface area (Å²) in [7, 11) is 10.8. The first kappa shape index (κ1) is 35.3. The fourth-order valence-corrected chi connectivity index (χ4v) is 8.79. The molecular formula is C42H46Cl2SiZr. The fourth-order valence-electron chi connectivity index (χ4n) is 6.96. The molecule has 2 aliphatic carbocycles. The summed E-state index contributed by atoms with van der Waals surface area (Å²) >= 11 is -0.826. The van der Waals surface area contributed by atoms with Crippen molar-refractivity contribution in [1.29, 1.82) is 0 Å². The number of rotatable bonds is 6. The van der Waals surface area contributed by atoms with Gasteiger partial charge in [0.2, 0.25) is 0 Å². The molecule has 0 spiro atoms. The van der Waals surface area contributed by atoms with Crippen LogP contribution in [0.2, 0.25) is 12.1 Å². The summed E-state index contributed by atoms with van der Waals surface area (Å²) in [6.45, 7) is 18.4. The number of benzene rings is 4. The standard InChI is InChI=1S/C42H46Si.2ClH.Zr/c1-27-23-37-33(29-15-19-31(20-16-29)41(3,4)5)11-9-13-35(37)39(27)25-43-26-40-28(2)24-38-34(12-10-14-36(38)40)30-17-21-32(22-18-30)42(6,7)8;;;/h9-24,39-40H,25-26H2,1-8H3;2*1H;/q;;;+2/p-2. The summed E-state index contributed by atoms with van der Waals surface area (Å²) in [6, 6.07) is 34.8. The normalized spacial score (nSPS) is 17.0. The number of allylic oxidation sites excluding steroid dienone is 2. The van der Waals surface area contributed by atoms with Crippen LogP contribution in [0.3, 0.4) is 0 Å². The van der Waals surface area contributed by atoms with Crippen molar-refractivity contribution in [2.75, 3.05) is 0 Å². The van der Waals surface area contributed by atoms with Crippen LogP contribution < -0.4 is 0 Å². The Morgan fingerprint density at radius 1 is 0.565 bits per heavy atom. The van der Waals surface area contributed by atoms with Crippen molar-refractivity contribution in [3.8, 4) is 22.3 Å². The molecule has 46 heavy (non-hydrogen) atoms. The number of hydrogen-bond acceptors (Lipinski definition) is 0. The Morgan fingerprint density at radius 2 is 0.913 bits per heavy atom. The second-order valence-electron chi connectivity index (χ2n) is 14.9. The quantitative estimate of drug-likeness (QED) is 0.173. The predicted molar refractivity (Wildman–Crippen MR) is 201 cm³/mol. The van der Waals surface area contributed by atoms with Gasteiger partial charge in [0.15, 0.2) is 0 Å². The molecule has 0 fully saturated rings. The average Bonchev–Trinajstić information content (AvgIpc) is 3.51. The molecule has 0 N–H and O–H groups in total. The van der Waals surface area contributed by atoms with E-state index in [-0.39, 0.29) is 10.8 Å². The molecule has 2 aliphatic rings. The molecular weight excluding hydrogens is 695 g/mol. The molecule has 0 amide bonds. The van der Waals surface area contributed by atoms with Gasteiger partial charge in [-0.25, -0.2) is 0 Å². The van der Waals surface area contributed by atoms with Crippen LogP contribution in [-0.2, 0) is 31.7 Å². The van der Waals surface area contributed by atoms with Gasteiger partial charge in [-0.05, 0) is 80.3 Å². The molecule has 0 aliphatic heterocycles. The Balaban J connectivity index is 0.00000134. The first-order valence-corrected chi connectivity index (χ1v) is 24.1. The number of halogens is 2. The Hall–Kier alpha value is -1.96. The van der Waals surface area contributed by atoms with E-state index in [1.165, 1.54) is 78.9 Å². The van der Waals surface area contributed by atoms with E-state index in [4.69, 9.17) is 17.0 Å². The molecule has 236 valence electrons. The topological polar surface area (TPSA) is 0 Å². The molecule has 0 heterocycles. The van der Waals surface area contributed by atoms with E-state index in [9.17, 15) is 0 Å². The van der Waals surface area contributed by atoms with Crippen molar-refractivity contribution < 1.29 is 20.8 Å². The zero-order valence-electron chi connectivity index (χ0n) is 28.6. The first-order valence-electron chi connectivity index (χ1n) is 16.3. The van der Waals surface area contributed by atoms with Crippen LogP contribution in [0, 0.1) is 0 Å². The van der Waals surface area contributed by atoms with Gasteiger partial charge in [-0.2, -0.15) is 0 Å². The van der Waals surface area contributed by atoms with Gasteiger partial charge in [-0.15, -0.1) is 0 Å². The van der Waals surface area contributed by atoms with Crippen LogP contribution in [0.25, 0.3) is 34.4 Å². The van der Waals surface area contributed by atoms with Crippen LogP contribution in [0.15, 0.2) is 96.1 Å². The second-order valence-corrected chi connectivity index (χ2v) is 19.9. The van der Waals surface area contributed by atoms with Crippen molar-refractivity contribution in [1.82, 2.24) is 0 Å². The van der Waals surface area contributed by atoms with E-state index in [2.05, 4.69) is 152 Å². The van der Waals surface area contributed by atoms with E-state index >= 15 is 0 Å². The Kier molecular flexibility index (Phi) is 11.3. The van der Waals surface area contributed by atoms with Gasteiger partial charge in [0.25, 0.3) is 0 Å². The van der Waals surface area contributed by atoms with Crippen molar-refractivity contribution in [2.45, 2.75) is 90.1 Å². The molecule has 0 saturated heterocycles. The minimum absolute atomic E-state index is 0.173. The summed E-state index contributed by atoms with van der Waals surface area (Å²) in [4.78, 5) is 0. The molecule has 6 rings (SSSR count). The molecule has 0 bridgehead atoms. The zero-order valence-corrected chi connectivity index (χ0v) is 33.5. The molecule has 0 nitrogen and oxygen atoms in total. The van der Waals surface area contributed by atoms with Crippen molar-refractivity contribution in [3.05, 3.63) is 129 Å². The second kappa shape index (κ2) is 14.7. The van der Waals surface area contributed by atoms with Crippen molar-refractivity contribution >= 4 is 38.7 Å². The minimum atomic E-state index is -0.826. The summed E-state index contributed by atoms with van der Waals surface area (Å²) in [5.74, 6) is 1.06. The molecule has 2 radical (unpaired) electrons. The third-order valence-electron chi connectivity index (χ3n) is 9.69. The van der Waals surface area contributed by atoms with Gasteiger partial charge < -0.3 is 0 Å². The Labute approximate surface area is 299 Å². The molecule has 2 atom stereocenters. The third-order valence-corrected chi connectivity index (χ3v) is 11.1. The van der Waals surface area contributed by atoms with Gasteiger partial charge in [0, 0.05) is 21.4 Å². The maximum atomic E-state index is 4.93. The SMILES string of the molecule is CC1=Cc2c(-c3ccc(C(C)(C)C)cc3)cccc2C1C[Si]CC1C(C)=Cc2c(-c3ccc(C(C)(C)C)cc3)cccc21.[Cl][Zr][Cl]. The molecule has 0 aromatic heterocycles. The predicted octanol–water partition coefficient (Wildman–Crippen LogP) is 13.2. The van der Waals surface area contributed by atoms with Crippen molar-refractivity contribution in [2.24, 2.45) is 0 Å². The fraction of sp³-hybridized carbons (Fsp3) is 0.333. The summed E-state index contributed by atoms with van der Waals surface area (Å²) in [5.41, 5.74) is 17.4. The van der Waals surface area contributed by atoms with E-state index in [0.29, 0.717) is 11.8 Å². The number of fused-ring (bicyclic) bond motifs is 2. The summed E-state index contributed by atoms with van der Waals surface area (Å²) in [6.07, 6.45) is 4.93. The van der Waals surface area contributed by atoms with Crippen molar-refractivity contribution in [3.63, 3.8) is 0 Å². The molecule has 4 aromatic rings. The van der Waals surface area contributed by atoms with Crippen LogP contribution in [0.5, 0.6) is 0 Å². The van der Waals surface area contributed by atoms with Gasteiger partial charge in [0.05, 0.1) is 0 Å². The molecule has 4 aromatic carbocycles.